The topological polar surface area (TPSA) is 95.1 Å². The van der Waals surface area contributed by atoms with E-state index in [4.69, 9.17) is 23.2 Å². The minimum atomic E-state index is -3.66. The Labute approximate surface area is 195 Å². The van der Waals surface area contributed by atoms with E-state index in [0.29, 0.717) is 0 Å². The van der Waals surface area contributed by atoms with Crippen LogP contribution in [0.2, 0.25) is 10.0 Å². The molecule has 0 saturated carbocycles. The van der Waals surface area contributed by atoms with Gasteiger partial charge >= 0.3 is 0 Å². The van der Waals surface area contributed by atoms with Gasteiger partial charge in [-0.25, -0.2) is 8.42 Å². The molecule has 4 rings (SSSR count). The molecular weight excluding hydrogens is 477 g/mol. The van der Waals surface area contributed by atoms with Gasteiger partial charge in [-0.1, -0.05) is 41.4 Å². The smallest absolute Gasteiger partial charge is 0.262 e. The maximum Gasteiger partial charge on any atom is 0.262 e. The van der Waals surface area contributed by atoms with E-state index in [1.54, 1.807) is 18.2 Å². The van der Waals surface area contributed by atoms with Crippen LogP contribution in [0.4, 0.5) is 0 Å². The van der Waals surface area contributed by atoms with E-state index < -0.39 is 33.8 Å². The average molecular weight is 496 g/mol. The zero-order chi connectivity index (χ0) is 23.2. The first-order valence-corrected chi connectivity index (χ1v) is 12.0. The van der Waals surface area contributed by atoms with Crippen molar-refractivity contribution in [3.05, 3.63) is 63.6 Å². The predicted octanol–water partition coefficient (Wildman–Crippen LogP) is 2.51. The lowest BCUT2D eigenvalue weighted by atomic mass is 10.1. The number of halogens is 2. The molecule has 0 bridgehead atoms. The van der Waals surface area contributed by atoms with E-state index in [-0.39, 0.29) is 52.2 Å². The van der Waals surface area contributed by atoms with E-state index >= 15 is 0 Å². The maximum atomic E-state index is 13.0. The van der Waals surface area contributed by atoms with Gasteiger partial charge in [0.15, 0.2) is 0 Å². The molecule has 1 fully saturated rings. The van der Waals surface area contributed by atoms with Crippen molar-refractivity contribution in [3.8, 4) is 0 Å². The standard InChI is InChI=1S/C21H19Cl2N3O5S/c1-13(26-20(28)15-11-17(22)18(23)12-16(15)21(26)29)19(27)24-7-9-25(10-8-24)32(30,31)14-5-3-2-4-6-14/h2-6,11-13H,7-10H2,1H3/t13-/m0/s1. The Morgan fingerprint density at radius 3 is 1.91 bits per heavy atom. The van der Waals surface area contributed by atoms with Gasteiger partial charge in [-0.2, -0.15) is 4.31 Å². The lowest BCUT2D eigenvalue weighted by molar-refractivity contribution is -0.136. The molecule has 11 heteroatoms. The third kappa shape index (κ3) is 3.79. The molecule has 0 unspecified atom stereocenters. The second-order valence-corrected chi connectivity index (χ2v) is 10.3. The fraction of sp³-hybridized carbons (Fsp3) is 0.286. The van der Waals surface area contributed by atoms with Crippen LogP contribution < -0.4 is 0 Å². The summed E-state index contributed by atoms with van der Waals surface area (Å²) in [5.74, 6) is -1.67. The van der Waals surface area contributed by atoms with Gasteiger partial charge in [0.1, 0.15) is 6.04 Å². The average Bonchev–Trinajstić information content (AvgIpc) is 3.03. The van der Waals surface area contributed by atoms with Crippen molar-refractivity contribution >= 4 is 50.9 Å². The molecule has 3 amide bonds. The number of hydrogen-bond donors (Lipinski definition) is 0. The van der Waals surface area contributed by atoms with E-state index in [1.165, 1.54) is 40.4 Å². The molecule has 2 aromatic carbocycles. The predicted molar refractivity (Wildman–Crippen MR) is 118 cm³/mol. The van der Waals surface area contributed by atoms with E-state index in [0.717, 1.165) is 4.90 Å². The van der Waals surface area contributed by atoms with Gasteiger partial charge in [0.25, 0.3) is 11.8 Å². The zero-order valence-corrected chi connectivity index (χ0v) is 19.3. The molecule has 0 radical (unpaired) electrons. The Morgan fingerprint density at radius 2 is 1.41 bits per heavy atom. The summed E-state index contributed by atoms with van der Waals surface area (Å²) >= 11 is 11.9. The van der Waals surface area contributed by atoms with Gasteiger partial charge < -0.3 is 4.90 Å². The summed E-state index contributed by atoms with van der Waals surface area (Å²) < 4.78 is 26.9. The van der Waals surface area contributed by atoms with E-state index in [2.05, 4.69) is 0 Å². The van der Waals surface area contributed by atoms with Crippen LogP contribution in [0.3, 0.4) is 0 Å². The maximum absolute atomic E-state index is 13.0. The van der Waals surface area contributed by atoms with Gasteiger partial charge in [-0.15, -0.1) is 0 Å². The number of rotatable bonds is 4. The molecule has 2 aliphatic rings. The highest BCUT2D eigenvalue weighted by molar-refractivity contribution is 7.89. The second-order valence-electron chi connectivity index (χ2n) is 7.51. The number of hydrogen-bond acceptors (Lipinski definition) is 5. The van der Waals surface area contributed by atoms with Crippen LogP contribution in [-0.4, -0.2) is 72.5 Å². The molecule has 8 nitrogen and oxygen atoms in total. The van der Waals surface area contributed by atoms with Crippen molar-refractivity contribution in [1.29, 1.82) is 0 Å². The van der Waals surface area contributed by atoms with Crippen molar-refractivity contribution in [2.75, 3.05) is 26.2 Å². The van der Waals surface area contributed by atoms with Crippen molar-refractivity contribution in [1.82, 2.24) is 14.1 Å². The Balaban J connectivity index is 1.46. The molecule has 0 aliphatic carbocycles. The fourth-order valence-electron chi connectivity index (χ4n) is 3.87. The third-order valence-electron chi connectivity index (χ3n) is 5.63. The molecule has 2 aromatic rings. The van der Waals surface area contributed by atoms with Crippen LogP contribution in [0.1, 0.15) is 27.6 Å². The molecule has 0 aromatic heterocycles. The Kier molecular flexibility index (Phi) is 6.02. The minimum absolute atomic E-state index is 0.0998. The SMILES string of the molecule is C[C@@H](C(=O)N1CCN(S(=O)(=O)c2ccccc2)CC1)N1C(=O)c2cc(Cl)c(Cl)cc2C1=O. The quantitative estimate of drug-likeness (QED) is 0.607. The molecular formula is C21H19Cl2N3O5S. The number of fused-ring (bicyclic) bond motifs is 1. The lowest BCUT2D eigenvalue weighted by Crippen LogP contribution is -2.55. The monoisotopic (exact) mass is 495 g/mol. The Hall–Kier alpha value is -2.46. The first-order chi connectivity index (χ1) is 15.1. The highest BCUT2D eigenvalue weighted by Crippen LogP contribution is 2.32. The minimum Gasteiger partial charge on any atom is -0.338 e. The van der Waals surface area contributed by atoms with Crippen LogP contribution >= 0.6 is 23.2 Å². The highest BCUT2D eigenvalue weighted by Gasteiger charge is 2.43. The summed E-state index contributed by atoms with van der Waals surface area (Å²) in [6, 6.07) is 9.67. The second kappa shape index (κ2) is 8.47. The van der Waals surface area contributed by atoms with Gasteiger partial charge in [0.05, 0.1) is 26.1 Å². The van der Waals surface area contributed by atoms with Gasteiger partial charge in [0, 0.05) is 26.2 Å². The fourth-order valence-corrected chi connectivity index (χ4v) is 5.64. The van der Waals surface area contributed by atoms with Crippen LogP contribution in [0.25, 0.3) is 0 Å². The number of imide groups is 1. The first kappa shape index (κ1) is 22.7. The number of amides is 3. The lowest BCUT2D eigenvalue weighted by Gasteiger charge is -2.36. The number of nitrogens with zero attached hydrogens (tertiary/aromatic N) is 3. The van der Waals surface area contributed by atoms with Gasteiger partial charge in [-0.3, -0.25) is 19.3 Å². The largest absolute Gasteiger partial charge is 0.338 e. The molecule has 2 aliphatic heterocycles. The van der Waals surface area contributed by atoms with Gasteiger partial charge in [0.2, 0.25) is 15.9 Å². The number of piperazine rings is 1. The molecule has 0 spiro atoms. The Bertz CT molecular complexity index is 1170. The number of benzene rings is 2. The number of sulfonamides is 1. The van der Waals surface area contributed by atoms with Crippen molar-refractivity contribution in [3.63, 3.8) is 0 Å². The summed E-state index contributed by atoms with van der Waals surface area (Å²) in [6.45, 7) is 2.00. The normalized spacial score (nSPS) is 18.1. The Morgan fingerprint density at radius 1 is 0.906 bits per heavy atom. The van der Waals surface area contributed by atoms with Crippen LogP contribution in [0.15, 0.2) is 47.4 Å². The van der Waals surface area contributed by atoms with Gasteiger partial charge in [-0.05, 0) is 31.2 Å². The van der Waals surface area contributed by atoms with Crippen LogP contribution in [0, 0.1) is 0 Å². The van der Waals surface area contributed by atoms with E-state index in [1.807, 2.05) is 0 Å². The number of carbonyl (C=O) groups is 3. The molecule has 1 atom stereocenters. The van der Waals surface area contributed by atoms with Crippen LogP contribution in [0.5, 0.6) is 0 Å². The zero-order valence-electron chi connectivity index (χ0n) is 17.0. The highest BCUT2D eigenvalue weighted by atomic mass is 35.5. The van der Waals surface area contributed by atoms with Crippen molar-refractivity contribution < 1.29 is 22.8 Å². The first-order valence-electron chi connectivity index (χ1n) is 9.84. The molecule has 0 N–H and O–H groups in total. The van der Waals surface area contributed by atoms with Crippen molar-refractivity contribution in [2.24, 2.45) is 0 Å². The summed E-state index contributed by atoms with van der Waals surface area (Å²) in [5.41, 5.74) is 0.200. The molecule has 2 heterocycles. The van der Waals surface area contributed by atoms with Crippen LogP contribution in [-0.2, 0) is 14.8 Å². The summed E-state index contributed by atoms with van der Waals surface area (Å²) in [7, 11) is -3.66. The summed E-state index contributed by atoms with van der Waals surface area (Å²) in [6.07, 6.45) is 0. The summed E-state index contributed by atoms with van der Waals surface area (Å²) in [5, 5.41) is 0.284. The third-order valence-corrected chi connectivity index (χ3v) is 8.27. The van der Waals surface area contributed by atoms with E-state index in [9.17, 15) is 22.8 Å². The molecule has 32 heavy (non-hydrogen) atoms. The number of carbonyl (C=O) groups excluding carboxylic acids is 3. The summed E-state index contributed by atoms with van der Waals surface area (Å²) in [4.78, 5) is 41.2. The molecule has 1 saturated heterocycles. The molecule has 168 valence electrons. The van der Waals surface area contributed by atoms with Crippen molar-refractivity contribution in [2.45, 2.75) is 17.9 Å².